The van der Waals surface area contributed by atoms with Crippen LogP contribution in [0.3, 0.4) is 0 Å². The molecule has 2 aliphatic rings. The molecule has 2 unspecified atom stereocenters. The molecule has 4 atom stereocenters. The molecule has 0 radical (unpaired) electrons. The minimum atomic E-state index is -1.84. The first-order chi connectivity index (χ1) is 17.8. The minimum Gasteiger partial charge on any atom is -0.548 e. The summed E-state index contributed by atoms with van der Waals surface area (Å²) in [6.07, 6.45) is 3.31. The Morgan fingerprint density at radius 1 is 1.37 bits per heavy atom. The molecule has 2 aromatic heterocycles. The van der Waals surface area contributed by atoms with Crippen molar-refractivity contribution in [2.24, 2.45) is 5.16 Å². The lowest BCUT2D eigenvalue weighted by molar-refractivity contribution is -0.710. The number of oxime groups is 1. The minimum absolute atomic E-state index is 0.00649. The van der Waals surface area contributed by atoms with E-state index < -0.39 is 58.1 Å². The summed E-state index contributed by atoms with van der Waals surface area (Å²) in [5, 5.41) is 39.5. The van der Waals surface area contributed by atoms with E-state index in [9.17, 15) is 34.5 Å². The van der Waals surface area contributed by atoms with Crippen molar-refractivity contribution in [3.8, 4) is 0 Å². The Labute approximate surface area is 224 Å². The highest BCUT2D eigenvalue weighted by molar-refractivity contribution is 8.00. The van der Waals surface area contributed by atoms with Crippen molar-refractivity contribution >= 4 is 57.7 Å². The molecule has 14 nitrogen and oxygen atoms in total. The summed E-state index contributed by atoms with van der Waals surface area (Å²) >= 11 is 2.10. The van der Waals surface area contributed by atoms with Crippen LogP contribution in [0.5, 0.6) is 0 Å². The van der Waals surface area contributed by atoms with Crippen LogP contribution in [0.25, 0.3) is 0 Å². The van der Waals surface area contributed by atoms with Gasteiger partial charge >= 0.3 is 5.97 Å². The van der Waals surface area contributed by atoms with Gasteiger partial charge in [-0.25, -0.2) is 14.3 Å². The predicted octanol–water partition coefficient (Wildman–Crippen LogP) is -2.45. The summed E-state index contributed by atoms with van der Waals surface area (Å²) < 4.78 is 1.60. The van der Waals surface area contributed by atoms with Gasteiger partial charge in [-0.15, -0.1) is 23.1 Å². The first-order valence-corrected chi connectivity index (χ1v) is 13.1. The number of carboxylic acid groups (broad SMARTS) is 2. The van der Waals surface area contributed by atoms with Gasteiger partial charge in [-0.2, -0.15) is 0 Å². The van der Waals surface area contributed by atoms with E-state index in [2.05, 4.69) is 15.5 Å². The van der Waals surface area contributed by atoms with Gasteiger partial charge in [0.15, 0.2) is 35.4 Å². The standard InChI is InChI=1S/C22H24N6O8S2/c1-21(2,19(33)34)36-26-12(11-8-37-20(23)24-11)15(29)25-13-16(30)28-14(18(31)32)22(35,10-38-17(13)28)9-27-6-4-3-5-7-27/h3-8,13-14,17,35H,9-10H2,1-2H3,(H4-,23,24,25,29,31,32,33,34)/b26-12-/t13-,14?,17-,22?/m1/s1. The molecule has 202 valence electrons. The molecule has 4 heterocycles. The molecule has 2 aromatic rings. The highest BCUT2D eigenvalue weighted by Crippen LogP contribution is 2.42. The number of anilines is 1. The molecule has 0 bridgehead atoms. The molecule has 5 N–H and O–H groups in total. The van der Waals surface area contributed by atoms with E-state index in [1.807, 2.05) is 0 Å². The number of fused-ring (bicyclic) bond motifs is 1. The molecular weight excluding hydrogens is 540 g/mol. The summed E-state index contributed by atoms with van der Waals surface area (Å²) in [5.41, 5.74) is 1.61. The molecule has 2 aliphatic heterocycles. The fourth-order valence-electron chi connectivity index (χ4n) is 3.97. The van der Waals surface area contributed by atoms with E-state index in [1.54, 1.807) is 35.2 Å². The Hall–Kier alpha value is -3.76. The van der Waals surface area contributed by atoms with Gasteiger partial charge in [0.25, 0.3) is 5.91 Å². The number of nitrogen functional groups attached to an aromatic ring is 1. The molecule has 4 rings (SSSR count). The quantitative estimate of drug-likeness (QED) is 0.109. The molecule has 16 heteroatoms. The van der Waals surface area contributed by atoms with E-state index in [4.69, 9.17) is 10.6 Å². The summed E-state index contributed by atoms with van der Waals surface area (Å²) in [6.45, 7) is 2.35. The van der Waals surface area contributed by atoms with Gasteiger partial charge in [-0.05, 0) is 13.8 Å². The van der Waals surface area contributed by atoms with Crippen molar-refractivity contribution in [1.29, 1.82) is 0 Å². The average Bonchev–Trinajstić information content (AvgIpc) is 3.28. The number of nitrogens with zero attached hydrogens (tertiary/aromatic N) is 4. The van der Waals surface area contributed by atoms with Gasteiger partial charge in [-0.3, -0.25) is 9.59 Å². The van der Waals surface area contributed by atoms with Gasteiger partial charge in [0.1, 0.15) is 23.2 Å². The summed E-state index contributed by atoms with van der Waals surface area (Å²) in [4.78, 5) is 59.7. The molecule has 0 aromatic carbocycles. The van der Waals surface area contributed by atoms with Crippen LogP contribution >= 0.6 is 23.1 Å². The number of hydrogen-bond acceptors (Lipinski definition) is 12. The zero-order chi connectivity index (χ0) is 27.8. The van der Waals surface area contributed by atoms with E-state index in [1.165, 1.54) is 19.2 Å². The maximum atomic E-state index is 13.1. The molecule has 0 saturated carbocycles. The Morgan fingerprint density at radius 3 is 2.63 bits per heavy atom. The molecule has 0 spiro atoms. The number of aliphatic hydroxyl groups is 1. The van der Waals surface area contributed by atoms with Crippen molar-refractivity contribution in [3.63, 3.8) is 0 Å². The third-order valence-corrected chi connectivity index (χ3v) is 8.16. The molecule has 2 fully saturated rings. The number of hydrogen-bond donors (Lipinski definition) is 4. The van der Waals surface area contributed by atoms with Crippen LogP contribution in [0.2, 0.25) is 0 Å². The molecule has 38 heavy (non-hydrogen) atoms. The fourth-order valence-corrected chi connectivity index (χ4v) is 5.99. The zero-order valence-corrected chi connectivity index (χ0v) is 21.8. The lowest BCUT2D eigenvalue weighted by Gasteiger charge is -2.57. The second-order valence-electron chi connectivity index (χ2n) is 9.19. The number of carboxylic acids is 2. The number of nitrogens with one attached hydrogen (secondary N) is 1. The fraction of sp³-hybridized carbons (Fsp3) is 0.409. The van der Waals surface area contributed by atoms with Gasteiger partial charge in [0.05, 0.1) is 5.97 Å². The van der Waals surface area contributed by atoms with Crippen LogP contribution in [-0.2, 0) is 30.6 Å². The molecule has 2 amide bonds. The highest BCUT2D eigenvalue weighted by atomic mass is 32.2. The maximum absolute atomic E-state index is 13.1. The van der Waals surface area contributed by atoms with Crippen molar-refractivity contribution in [1.82, 2.24) is 15.2 Å². The zero-order valence-electron chi connectivity index (χ0n) is 20.1. The first-order valence-electron chi connectivity index (χ1n) is 11.2. The molecular formula is C22H24N6O8S2. The topological polar surface area (TPSA) is 211 Å². The van der Waals surface area contributed by atoms with Gasteiger partial charge in [0, 0.05) is 23.3 Å². The number of thioether (sulfide) groups is 1. The molecule has 0 aliphatic carbocycles. The number of amides is 2. The lowest BCUT2D eigenvalue weighted by Crippen LogP contribution is -2.81. The Bertz CT molecular complexity index is 1300. The molecule has 2 saturated heterocycles. The number of pyridine rings is 1. The van der Waals surface area contributed by atoms with Crippen LogP contribution in [0.15, 0.2) is 41.1 Å². The van der Waals surface area contributed by atoms with Crippen LogP contribution in [0.1, 0.15) is 19.5 Å². The number of thiazole rings is 1. The lowest BCUT2D eigenvalue weighted by atomic mass is 9.89. The van der Waals surface area contributed by atoms with Gasteiger partial charge < -0.3 is 40.9 Å². The number of aliphatic carboxylic acids is 2. The second-order valence-corrected chi connectivity index (χ2v) is 11.2. The van der Waals surface area contributed by atoms with E-state index in [0.29, 0.717) is 0 Å². The Balaban J connectivity index is 1.54. The largest absolute Gasteiger partial charge is 0.548 e. The summed E-state index contributed by atoms with van der Waals surface area (Å²) in [6, 6.07) is 2.38. The number of carbonyl (C=O) groups is 4. The third-order valence-electron chi connectivity index (χ3n) is 5.97. The van der Waals surface area contributed by atoms with Crippen LogP contribution < -0.4 is 20.7 Å². The Morgan fingerprint density at radius 2 is 2.05 bits per heavy atom. The average molecular weight is 565 g/mol. The van der Waals surface area contributed by atoms with Crippen LogP contribution in [-0.4, -0.2) is 84.0 Å². The van der Waals surface area contributed by atoms with Gasteiger partial charge in [0.2, 0.25) is 11.5 Å². The highest BCUT2D eigenvalue weighted by Gasteiger charge is 2.62. The van der Waals surface area contributed by atoms with Crippen molar-refractivity contribution in [3.05, 3.63) is 41.7 Å². The second kappa shape index (κ2) is 10.2. The van der Waals surface area contributed by atoms with Crippen molar-refractivity contribution in [2.45, 2.75) is 49.1 Å². The summed E-state index contributed by atoms with van der Waals surface area (Å²) in [7, 11) is 0. The number of carbonyl (C=O) groups excluding carboxylic acids is 3. The third kappa shape index (κ3) is 5.14. The number of nitrogens with two attached hydrogens (primary N) is 1. The number of aromatic nitrogens is 2. The SMILES string of the molecule is CC(C)(O/N=C(\C(=O)N[C@@H]1C(=O)N2C(C(=O)[O-])C(O)(C[n+]3ccccc3)CS[C@H]12)c1csc(N)n1)C(=O)O. The number of rotatable bonds is 9. The normalized spacial score (nSPS) is 25.2. The van der Waals surface area contributed by atoms with E-state index in [0.717, 1.165) is 28.0 Å². The van der Waals surface area contributed by atoms with E-state index in [-0.39, 0.29) is 23.1 Å². The smallest absolute Gasteiger partial charge is 0.350 e. The summed E-state index contributed by atoms with van der Waals surface area (Å²) in [5.74, 6) is -4.69. The number of β-lactam (4-membered cyclic amide) rings is 1. The van der Waals surface area contributed by atoms with Crippen LogP contribution in [0, 0.1) is 0 Å². The van der Waals surface area contributed by atoms with Crippen molar-refractivity contribution < 1.29 is 43.9 Å². The maximum Gasteiger partial charge on any atom is 0.350 e. The monoisotopic (exact) mass is 564 g/mol. The van der Waals surface area contributed by atoms with Crippen LogP contribution in [0.4, 0.5) is 5.13 Å². The van der Waals surface area contributed by atoms with E-state index >= 15 is 0 Å². The Kier molecular flexibility index (Phi) is 7.31. The van der Waals surface area contributed by atoms with Crippen molar-refractivity contribution in [2.75, 3.05) is 11.5 Å². The predicted molar refractivity (Wildman–Crippen MR) is 131 cm³/mol. The first kappa shape index (κ1) is 27.3. The van der Waals surface area contributed by atoms with Gasteiger partial charge in [-0.1, -0.05) is 11.2 Å².